The normalized spacial score (nSPS) is 18.1. The average Bonchev–Trinajstić information content (AvgIpc) is 3.44. The maximum absolute atomic E-state index is 14.7. The van der Waals surface area contributed by atoms with Crippen molar-refractivity contribution in [2.45, 2.75) is 99.2 Å². The Morgan fingerprint density at radius 1 is 1.00 bits per heavy atom. The number of halogens is 3. The van der Waals surface area contributed by atoms with Crippen LogP contribution in [0.15, 0.2) is 82.5 Å². The van der Waals surface area contributed by atoms with Gasteiger partial charge < -0.3 is 14.1 Å². The first kappa shape index (κ1) is 39.8. The number of ether oxygens (including phenoxy) is 1. The summed E-state index contributed by atoms with van der Waals surface area (Å²) in [5.41, 5.74) is 5.62. The van der Waals surface area contributed by atoms with Gasteiger partial charge in [0.05, 0.1) is 24.3 Å². The van der Waals surface area contributed by atoms with Gasteiger partial charge in [0.2, 0.25) is 0 Å². The summed E-state index contributed by atoms with van der Waals surface area (Å²) in [5.74, 6) is -0.280. The SMILES string of the molecule is CCCCC(CC)Cn1c2c(c3cc(C(=O)C4=C(C)C=C(C)CC4C)c4ccccc4c31)=CC(/C(=N\OC(C)=O)c1ccccc1OCCC(F)(F)F)CC=2. The maximum atomic E-state index is 14.7. The number of unbranched alkanes of at least 4 members (excludes halogenated alkanes) is 1. The maximum Gasteiger partial charge on any atom is 0.392 e. The largest absolute Gasteiger partial charge is 0.493 e. The third-order valence-corrected chi connectivity index (χ3v) is 11.0. The number of alkyl halides is 3. The van der Waals surface area contributed by atoms with Crippen molar-refractivity contribution in [2.75, 3.05) is 6.61 Å². The molecule has 3 aromatic carbocycles. The van der Waals surface area contributed by atoms with Crippen LogP contribution in [-0.4, -0.2) is 34.8 Å². The number of rotatable bonds is 14. The third kappa shape index (κ3) is 8.66. The Morgan fingerprint density at radius 3 is 2.42 bits per heavy atom. The molecule has 0 aliphatic heterocycles. The number of hydrogen-bond acceptors (Lipinski definition) is 5. The fourth-order valence-electron chi connectivity index (χ4n) is 8.45. The molecular weight excluding hydrogens is 702 g/mol. The molecule has 4 aromatic rings. The van der Waals surface area contributed by atoms with E-state index in [1.165, 1.54) is 12.5 Å². The third-order valence-electron chi connectivity index (χ3n) is 11.0. The van der Waals surface area contributed by atoms with Crippen LogP contribution in [0.1, 0.15) is 102 Å². The lowest BCUT2D eigenvalue weighted by Gasteiger charge is -2.23. The van der Waals surface area contributed by atoms with Gasteiger partial charge >= 0.3 is 12.1 Å². The van der Waals surface area contributed by atoms with Gasteiger partial charge in [0.1, 0.15) is 5.75 Å². The van der Waals surface area contributed by atoms with E-state index < -0.39 is 31.1 Å². The zero-order chi connectivity index (χ0) is 39.4. The van der Waals surface area contributed by atoms with Crippen LogP contribution in [-0.2, 0) is 16.2 Å². The van der Waals surface area contributed by atoms with Gasteiger partial charge in [-0.1, -0.05) is 105 Å². The molecule has 6 nitrogen and oxygen atoms in total. The van der Waals surface area contributed by atoms with E-state index in [9.17, 15) is 22.8 Å². The fourth-order valence-corrected chi connectivity index (χ4v) is 8.45. The highest BCUT2D eigenvalue weighted by Gasteiger charge is 2.30. The molecule has 9 heteroatoms. The van der Waals surface area contributed by atoms with Crippen LogP contribution in [0.5, 0.6) is 5.75 Å². The molecule has 0 radical (unpaired) electrons. The van der Waals surface area contributed by atoms with E-state index in [2.05, 4.69) is 67.8 Å². The molecule has 0 amide bonds. The molecule has 0 bridgehead atoms. The van der Waals surface area contributed by atoms with Crippen LogP contribution in [0, 0.1) is 17.8 Å². The minimum Gasteiger partial charge on any atom is -0.493 e. The van der Waals surface area contributed by atoms with E-state index in [0.717, 1.165) is 82.0 Å². The monoisotopic (exact) mass is 752 g/mol. The molecule has 0 saturated heterocycles. The molecule has 3 atom stereocenters. The molecule has 290 valence electrons. The summed E-state index contributed by atoms with van der Waals surface area (Å²) >= 11 is 0. The summed E-state index contributed by atoms with van der Waals surface area (Å²) in [6.45, 7) is 12.2. The van der Waals surface area contributed by atoms with Crippen LogP contribution < -0.4 is 15.3 Å². The minimum absolute atomic E-state index is 0.0288. The summed E-state index contributed by atoms with van der Waals surface area (Å²) < 4.78 is 47.4. The van der Waals surface area contributed by atoms with Crippen molar-refractivity contribution in [1.82, 2.24) is 4.57 Å². The number of Topliss-reactive ketones (excluding diaryl/α,β-unsaturated/α-hetero) is 1. The van der Waals surface area contributed by atoms with E-state index in [0.29, 0.717) is 29.2 Å². The molecule has 1 heterocycles. The van der Waals surface area contributed by atoms with Gasteiger partial charge in [-0.2, -0.15) is 13.2 Å². The van der Waals surface area contributed by atoms with Gasteiger partial charge in [-0.25, -0.2) is 4.79 Å². The van der Waals surface area contributed by atoms with E-state index >= 15 is 0 Å². The minimum atomic E-state index is -4.38. The van der Waals surface area contributed by atoms with Crippen LogP contribution in [0.3, 0.4) is 0 Å². The smallest absolute Gasteiger partial charge is 0.392 e. The molecular formula is C46H51F3N2O4. The van der Waals surface area contributed by atoms with Crippen LogP contribution in [0.25, 0.3) is 33.8 Å². The summed E-state index contributed by atoms with van der Waals surface area (Å²) in [7, 11) is 0. The van der Waals surface area contributed by atoms with Gasteiger partial charge in [-0.15, -0.1) is 0 Å². The number of allylic oxidation sites excluding steroid dienone is 4. The molecule has 2 aliphatic rings. The molecule has 3 unspecified atom stereocenters. The van der Waals surface area contributed by atoms with Gasteiger partial charge in [-0.3, -0.25) is 4.79 Å². The predicted molar refractivity (Wildman–Crippen MR) is 215 cm³/mol. The Labute approximate surface area is 321 Å². The molecule has 0 N–H and O–H groups in total. The number of para-hydroxylation sites is 1. The molecule has 0 spiro atoms. The van der Waals surface area contributed by atoms with Gasteiger partial charge in [-0.05, 0) is 74.1 Å². The first-order chi connectivity index (χ1) is 26.3. The average molecular weight is 753 g/mol. The quantitative estimate of drug-likeness (QED) is 0.0557. The number of oxime groups is 1. The highest BCUT2D eigenvalue weighted by molar-refractivity contribution is 6.22. The Hall–Kier alpha value is -4.92. The lowest BCUT2D eigenvalue weighted by Crippen LogP contribution is -2.35. The number of ketones is 1. The lowest BCUT2D eigenvalue weighted by molar-refractivity contribution is -0.141. The zero-order valence-corrected chi connectivity index (χ0v) is 32.7. The van der Waals surface area contributed by atoms with Crippen molar-refractivity contribution in [3.05, 3.63) is 99.1 Å². The number of carbonyl (C=O) groups excluding carboxylic acids is 2. The van der Waals surface area contributed by atoms with E-state index in [1.54, 1.807) is 24.3 Å². The topological polar surface area (TPSA) is 69.9 Å². The highest BCUT2D eigenvalue weighted by atomic mass is 19.4. The standard InChI is InChI=1S/C46H51F3N2O4/c1-7-9-14-32(8-2)27-51-40-20-19-33(43(50-55-31(6)52)36-17-12-13-18-41(36)54-22-21-46(47,48)49)25-37(40)38-26-39(34-15-10-11-16-35(34)44(38)51)45(53)42-29(4)23-28(3)24-30(42)5/h10-13,15-18,20,23,25-26,30,32-33H,7-9,14,19,21-22,24,27H2,1-6H3/b50-43+. The second-order valence-electron chi connectivity index (χ2n) is 15.2. The number of aromatic nitrogens is 1. The molecule has 1 aromatic heterocycles. The molecule has 55 heavy (non-hydrogen) atoms. The molecule has 0 saturated carbocycles. The van der Waals surface area contributed by atoms with Crippen LogP contribution in [0.2, 0.25) is 0 Å². The van der Waals surface area contributed by atoms with Gasteiger partial charge in [0, 0.05) is 57.4 Å². The fraction of sp³-hybridized carbons (Fsp3) is 0.413. The predicted octanol–water partition coefficient (Wildman–Crippen LogP) is 10.4. The van der Waals surface area contributed by atoms with Crippen molar-refractivity contribution < 1.29 is 32.3 Å². The van der Waals surface area contributed by atoms with Crippen molar-refractivity contribution in [2.24, 2.45) is 22.9 Å². The number of carbonyl (C=O) groups is 2. The second-order valence-corrected chi connectivity index (χ2v) is 15.2. The zero-order valence-electron chi connectivity index (χ0n) is 32.7. The number of nitrogens with zero attached hydrogens (tertiary/aromatic N) is 2. The van der Waals surface area contributed by atoms with Crippen molar-refractivity contribution in [3.63, 3.8) is 0 Å². The van der Waals surface area contributed by atoms with Crippen molar-refractivity contribution in [3.8, 4) is 5.75 Å². The lowest BCUT2D eigenvalue weighted by atomic mass is 9.80. The summed E-state index contributed by atoms with van der Waals surface area (Å²) in [6.07, 6.45) is 6.63. The summed E-state index contributed by atoms with van der Waals surface area (Å²) in [5, 5.41) is 9.17. The van der Waals surface area contributed by atoms with Gasteiger partial charge in [0.25, 0.3) is 0 Å². The van der Waals surface area contributed by atoms with E-state index in [1.807, 2.05) is 25.1 Å². The molecule has 0 fully saturated rings. The first-order valence-corrected chi connectivity index (χ1v) is 19.5. The number of hydrogen-bond donors (Lipinski definition) is 0. The van der Waals surface area contributed by atoms with E-state index in [4.69, 9.17) is 9.57 Å². The Balaban J connectivity index is 1.59. The molecule has 2 aliphatic carbocycles. The second kappa shape index (κ2) is 16.8. The summed E-state index contributed by atoms with van der Waals surface area (Å²) in [4.78, 5) is 32.1. The number of benzene rings is 3. The summed E-state index contributed by atoms with van der Waals surface area (Å²) in [6, 6.07) is 17.0. The highest BCUT2D eigenvalue weighted by Crippen LogP contribution is 2.36. The first-order valence-electron chi connectivity index (χ1n) is 19.5. The number of fused-ring (bicyclic) bond motifs is 5. The van der Waals surface area contributed by atoms with Crippen molar-refractivity contribution in [1.29, 1.82) is 0 Å². The van der Waals surface area contributed by atoms with Crippen LogP contribution >= 0.6 is 0 Å². The van der Waals surface area contributed by atoms with Crippen molar-refractivity contribution >= 4 is 51.3 Å². The Morgan fingerprint density at radius 2 is 1.73 bits per heavy atom. The molecule has 6 rings (SSSR count). The Bertz CT molecular complexity index is 2330. The Kier molecular flexibility index (Phi) is 12.2. The van der Waals surface area contributed by atoms with Gasteiger partial charge in [0.15, 0.2) is 5.78 Å². The van der Waals surface area contributed by atoms with Crippen LogP contribution in [0.4, 0.5) is 13.2 Å². The van der Waals surface area contributed by atoms with E-state index in [-0.39, 0.29) is 17.5 Å².